The van der Waals surface area contributed by atoms with E-state index in [1.54, 1.807) is 50.2 Å². The van der Waals surface area contributed by atoms with Crippen molar-refractivity contribution in [3.8, 4) is 0 Å². The average Bonchev–Trinajstić information content (AvgIpc) is 3.27. The summed E-state index contributed by atoms with van der Waals surface area (Å²) < 4.78 is 43.0. The first-order valence-electron chi connectivity index (χ1n) is 9.80. The van der Waals surface area contributed by atoms with Crippen LogP contribution >= 0.6 is 0 Å². The fourth-order valence-electron chi connectivity index (χ4n) is 3.10. The highest BCUT2D eigenvalue weighted by Gasteiger charge is 2.26. The summed E-state index contributed by atoms with van der Waals surface area (Å²) >= 11 is 0. The molecule has 0 unspecified atom stereocenters. The lowest BCUT2D eigenvalue weighted by Crippen LogP contribution is -2.31. The van der Waals surface area contributed by atoms with Gasteiger partial charge in [0.2, 0.25) is 5.76 Å². The number of hydrogen-bond acceptors (Lipinski definition) is 7. The first kappa shape index (κ1) is 23.1. The Bertz CT molecular complexity index is 1220. The molecule has 32 heavy (non-hydrogen) atoms. The van der Waals surface area contributed by atoms with Gasteiger partial charge in [0, 0.05) is 6.54 Å². The summed E-state index contributed by atoms with van der Waals surface area (Å²) in [5.41, 5.74) is 1.12. The van der Waals surface area contributed by atoms with Crippen molar-refractivity contribution in [2.45, 2.75) is 25.3 Å². The normalized spacial score (nSPS) is 11.1. The number of carbonyl (C=O) groups excluding carboxylic acids is 2. The van der Waals surface area contributed by atoms with Crippen LogP contribution < -0.4 is 4.31 Å². The third-order valence-electron chi connectivity index (χ3n) is 4.72. The van der Waals surface area contributed by atoms with Gasteiger partial charge in [-0.15, -0.1) is 0 Å². The van der Waals surface area contributed by atoms with E-state index < -0.39 is 22.0 Å². The largest absolute Gasteiger partial charge is 0.463 e. The highest BCUT2D eigenvalue weighted by atomic mass is 32.2. The Balaban J connectivity index is 1.82. The number of carbonyl (C=O) groups is 2. The fourth-order valence-corrected chi connectivity index (χ4v) is 4.82. The van der Waals surface area contributed by atoms with Gasteiger partial charge in [-0.25, -0.2) is 18.0 Å². The van der Waals surface area contributed by atoms with Gasteiger partial charge in [0.15, 0.2) is 0 Å². The van der Waals surface area contributed by atoms with E-state index in [0.717, 1.165) is 0 Å². The summed E-state index contributed by atoms with van der Waals surface area (Å²) in [5, 5.41) is 0. The van der Waals surface area contributed by atoms with Crippen molar-refractivity contribution in [1.29, 1.82) is 0 Å². The molecule has 0 N–H and O–H groups in total. The molecule has 0 aliphatic heterocycles. The third kappa shape index (κ3) is 4.83. The second-order valence-electron chi connectivity index (χ2n) is 6.82. The Hall–Kier alpha value is -3.59. The molecule has 1 aromatic heterocycles. The molecule has 0 amide bonds. The van der Waals surface area contributed by atoms with Gasteiger partial charge in [-0.1, -0.05) is 24.3 Å². The first-order valence-corrected chi connectivity index (χ1v) is 11.2. The molecule has 0 aliphatic carbocycles. The van der Waals surface area contributed by atoms with Crippen molar-refractivity contribution in [3.63, 3.8) is 0 Å². The minimum absolute atomic E-state index is 0.0113. The van der Waals surface area contributed by atoms with E-state index in [1.807, 2.05) is 0 Å². The van der Waals surface area contributed by atoms with Crippen molar-refractivity contribution in [2.75, 3.05) is 18.0 Å². The minimum atomic E-state index is -3.91. The second kappa shape index (κ2) is 9.69. The van der Waals surface area contributed by atoms with Gasteiger partial charge in [-0.2, -0.15) is 0 Å². The van der Waals surface area contributed by atoms with Crippen molar-refractivity contribution >= 4 is 27.6 Å². The Labute approximate surface area is 186 Å². The summed E-state index contributed by atoms with van der Waals surface area (Å²) in [6.45, 7) is 3.40. The predicted molar refractivity (Wildman–Crippen MR) is 117 cm³/mol. The number of furan rings is 1. The third-order valence-corrected chi connectivity index (χ3v) is 6.76. The molecule has 0 radical (unpaired) electrons. The van der Waals surface area contributed by atoms with Crippen LogP contribution in [0.5, 0.6) is 0 Å². The zero-order chi connectivity index (χ0) is 23.3. The van der Waals surface area contributed by atoms with E-state index in [9.17, 15) is 18.0 Å². The van der Waals surface area contributed by atoms with E-state index in [0.29, 0.717) is 11.3 Å². The second-order valence-corrected chi connectivity index (χ2v) is 8.65. The Kier molecular flexibility index (Phi) is 6.99. The van der Waals surface area contributed by atoms with Gasteiger partial charge in [0.1, 0.15) is 12.4 Å². The number of para-hydroxylation sites is 1. The molecule has 0 fully saturated rings. The van der Waals surface area contributed by atoms with Crippen LogP contribution in [0.25, 0.3) is 0 Å². The van der Waals surface area contributed by atoms with Gasteiger partial charge >= 0.3 is 11.9 Å². The topological polar surface area (TPSA) is 103 Å². The zero-order valence-corrected chi connectivity index (χ0v) is 18.7. The van der Waals surface area contributed by atoms with Gasteiger partial charge in [-0.3, -0.25) is 4.31 Å². The molecule has 2 aromatic carbocycles. The molecule has 0 atom stereocenters. The molecular formula is C23H23NO7S. The first-order chi connectivity index (χ1) is 15.3. The van der Waals surface area contributed by atoms with Gasteiger partial charge in [0.05, 0.1) is 23.3 Å². The molecule has 1 heterocycles. The van der Waals surface area contributed by atoms with Crippen LogP contribution in [-0.2, 0) is 26.1 Å². The minimum Gasteiger partial charge on any atom is -0.463 e. The summed E-state index contributed by atoms with van der Waals surface area (Å²) in [4.78, 5) is 24.0. The summed E-state index contributed by atoms with van der Waals surface area (Å²) in [6, 6.07) is 16.0. The van der Waals surface area contributed by atoms with Crippen LogP contribution in [0.3, 0.4) is 0 Å². The monoisotopic (exact) mass is 457 g/mol. The van der Waals surface area contributed by atoms with Gasteiger partial charge in [-0.05, 0) is 55.8 Å². The molecule has 168 valence electrons. The highest BCUT2D eigenvalue weighted by molar-refractivity contribution is 7.92. The molecule has 0 saturated heterocycles. The summed E-state index contributed by atoms with van der Waals surface area (Å²) in [7, 11) is -2.68. The van der Waals surface area contributed by atoms with Crippen LogP contribution in [0.1, 0.15) is 39.2 Å². The average molecular weight is 458 g/mol. The van der Waals surface area contributed by atoms with Crippen molar-refractivity contribution in [1.82, 2.24) is 0 Å². The molecule has 9 heteroatoms. The van der Waals surface area contributed by atoms with E-state index >= 15 is 0 Å². The molecule has 3 rings (SSSR count). The maximum Gasteiger partial charge on any atom is 0.373 e. The Morgan fingerprint density at radius 3 is 2.38 bits per heavy atom. The van der Waals surface area contributed by atoms with Crippen LogP contribution in [0.2, 0.25) is 0 Å². The number of nitrogens with zero attached hydrogens (tertiary/aromatic N) is 1. The van der Waals surface area contributed by atoms with Crippen molar-refractivity contribution < 1.29 is 31.9 Å². The number of anilines is 1. The number of hydrogen-bond donors (Lipinski definition) is 0. The van der Waals surface area contributed by atoms with Gasteiger partial charge in [0.25, 0.3) is 10.0 Å². The number of esters is 2. The lowest BCUT2D eigenvalue weighted by molar-refractivity contribution is 0.0438. The number of ether oxygens (including phenoxy) is 2. The van der Waals surface area contributed by atoms with E-state index in [4.69, 9.17) is 9.15 Å². The van der Waals surface area contributed by atoms with Crippen LogP contribution in [-0.4, -0.2) is 34.0 Å². The van der Waals surface area contributed by atoms with E-state index in [1.165, 1.54) is 35.7 Å². The molecule has 0 bridgehead atoms. The van der Waals surface area contributed by atoms with E-state index in [-0.39, 0.29) is 35.1 Å². The van der Waals surface area contributed by atoms with Crippen LogP contribution in [0, 0.1) is 6.92 Å². The smallest absolute Gasteiger partial charge is 0.373 e. The lowest BCUT2D eigenvalue weighted by Gasteiger charge is -2.24. The fraction of sp³-hybridized carbons (Fsp3) is 0.217. The number of rotatable bonds is 8. The van der Waals surface area contributed by atoms with Gasteiger partial charge < -0.3 is 13.9 Å². The summed E-state index contributed by atoms with van der Waals surface area (Å²) in [6.07, 6.45) is 0. The zero-order valence-electron chi connectivity index (χ0n) is 17.9. The number of aryl methyl sites for hydroxylation is 1. The molecule has 3 aromatic rings. The van der Waals surface area contributed by atoms with Crippen LogP contribution in [0.4, 0.5) is 5.69 Å². The Morgan fingerprint density at radius 1 is 1.00 bits per heavy atom. The molecule has 8 nitrogen and oxygen atoms in total. The number of benzene rings is 2. The van der Waals surface area contributed by atoms with E-state index in [2.05, 4.69) is 4.74 Å². The van der Waals surface area contributed by atoms with Crippen molar-refractivity contribution in [2.24, 2.45) is 0 Å². The standard InChI is InChI=1S/C23H23NO7S/c1-4-24(18-8-6-5-7-9-18)32(27,28)21-14-17(11-10-16(21)2)22(25)30-15-19-12-13-20(31-19)23(26)29-3/h5-14H,4,15H2,1-3H3. The summed E-state index contributed by atoms with van der Waals surface area (Å²) in [5.74, 6) is -1.13. The lowest BCUT2D eigenvalue weighted by atomic mass is 10.1. The highest BCUT2D eigenvalue weighted by Crippen LogP contribution is 2.26. The Morgan fingerprint density at radius 2 is 1.72 bits per heavy atom. The maximum atomic E-state index is 13.3. The maximum absolute atomic E-state index is 13.3. The SMILES string of the molecule is CCN(c1ccccc1)S(=O)(=O)c1cc(C(=O)OCc2ccc(C(=O)OC)o2)ccc1C. The van der Waals surface area contributed by atoms with Crippen molar-refractivity contribution in [3.05, 3.63) is 83.3 Å². The molecule has 0 spiro atoms. The molecule has 0 aliphatic rings. The number of sulfonamides is 1. The number of methoxy groups -OCH3 is 1. The quantitative estimate of drug-likeness (QED) is 0.472. The molecular weight excluding hydrogens is 434 g/mol. The molecule has 0 saturated carbocycles. The van der Waals surface area contributed by atoms with Crippen LogP contribution in [0.15, 0.2) is 70.0 Å². The predicted octanol–water partition coefficient (Wildman–Crippen LogP) is 3.95.